The number of hydrogen-bond donors (Lipinski definition) is 2. The number of nitrogens with one attached hydrogen (secondary N) is 1. The minimum absolute atomic E-state index is 0.0276. The number of unbranched alkanes of at least 4 members (excludes halogenated alkanes) is 1. The summed E-state index contributed by atoms with van der Waals surface area (Å²) in [5.41, 5.74) is 2.61. The summed E-state index contributed by atoms with van der Waals surface area (Å²) in [7, 11) is 0. The average Bonchev–Trinajstić information content (AvgIpc) is 2.41. The third-order valence-electron chi connectivity index (χ3n) is 3.49. The normalized spacial score (nSPS) is 14.4. The first kappa shape index (κ1) is 16.5. The topological polar surface area (TPSA) is 38.0 Å². The van der Waals surface area contributed by atoms with E-state index in [0.717, 1.165) is 25.7 Å². The van der Waals surface area contributed by atoms with Crippen molar-refractivity contribution < 1.29 is 8.78 Å². The molecular weight excluding hydrogens is 314 g/mol. The van der Waals surface area contributed by atoms with E-state index in [4.69, 9.17) is 5.84 Å². The van der Waals surface area contributed by atoms with Crippen molar-refractivity contribution in [3.63, 3.8) is 0 Å². The highest BCUT2D eigenvalue weighted by Crippen LogP contribution is 2.34. The van der Waals surface area contributed by atoms with Gasteiger partial charge in [-0.05, 0) is 40.4 Å². The number of nitrogens with two attached hydrogens (primary N) is 1. The molecule has 0 aliphatic heterocycles. The van der Waals surface area contributed by atoms with Crippen LogP contribution in [0, 0.1) is 17.6 Å². The van der Waals surface area contributed by atoms with Gasteiger partial charge in [0.15, 0.2) is 0 Å². The van der Waals surface area contributed by atoms with E-state index in [2.05, 4.69) is 28.3 Å². The van der Waals surface area contributed by atoms with Crippen LogP contribution in [-0.4, -0.2) is 0 Å². The Morgan fingerprint density at radius 3 is 2.53 bits per heavy atom. The first-order chi connectivity index (χ1) is 9.06. The molecule has 0 bridgehead atoms. The van der Waals surface area contributed by atoms with Gasteiger partial charge in [-0.25, -0.2) is 8.78 Å². The van der Waals surface area contributed by atoms with Crippen molar-refractivity contribution >= 4 is 15.9 Å². The second-order valence-electron chi connectivity index (χ2n) is 4.71. The van der Waals surface area contributed by atoms with Crippen LogP contribution in [0.3, 0.4) is 0 Å². The molecule has 108 valence electrons. The Hall–Kier alpha value is -0.520. The van der Waals surface area contributed by atoms with Gasteiger partial charge in [0.25, 0.3) is 0 Å². The van der Waals surface area contributed by atoms with Crippen molar-refractivity contribution in [1.29, 1.82) is 0 Å². The van der Waals surface area contributed by atoms with Crippen LogP contribution >= 0.6 is 15.9 Å². The zero-order valence-corrected chi connectivity index (χ0v) is 12.9. The van der Waals surface area contributed by atoms with E-state index in [1.165, 1.54) is 12.1 Å². The number of rotatable bonds is 7. The molecule has 0 saturated carbocycles. The molecule has 0 radical (unpaired) electrons. The summed E-state index contributed by atoms with van der Waals surface area (Å²) in [6.07, 6.45) is 3.79. The van der Waals surface area contributed by atoms with Crippen molar-refractivity contribution in [2.75, 3.05) is 0 Å². The van der Waals surface area contributed by atoms with Crippen LogP contribution in [0.15, 0.2) is 16.6 Å². The summed E-state index contributed by atoms with van der Waals surface area (Å²) < 4.78 is 28.3. The van der Waals surface area contributed by atoms with Crippen molar-refractivity contribution in [1.82, 2.24) is 5.43 Å². The molecule has 0 amide bonds. The van der Waals surface area contributed by atoms with Gasteiger partial charge in [0.1, 0.15) is 11.6 Å². The van der Waals surface area contributed by atoms with E-state index in [1.54, 1.807) is 0 Å². The van der Waals surface area contributed by atoms with Crippen LogP contribution in [0.5, 0.6) is 0 Å². The molecule has 0 saturated heterocycles. The molecule has 1 aromatic rings. The summed E-state index contributed by atoms with van der Waals surface area (Å²) in [5, 5.41) is 0. The van der Waals surface area contributed by atoms with E-state index in [9.17, 15) is 8.78 Å². The first-order valence-corrected chi connectivity index (χ1v) is 7.45. The van der Waals surface area contributed by atoms with Gasteiger partial charge in [-0.15, -0.1) is 0 Å². The molecule has 1 aromatic carbocycles. The Balaban J connectivity index is 3.11. The third-order valence-corrected chi connectivity index (χ3v) is 4.11. The summed E-state index contributed by atoms with van der Waals surface area (Å²) >= 11 is 3.09. The molecule has 0 aliphatic carbocycles. The molecule has 0 fully saturated rings. The molecular formula is C14H21BrF2N2. The van der Waals surface area contributed by atoms with Gasteiger partial charge < -0.3 is 0 Å². The lowest BCUT2D eigenvalue weighted by Crippen LogP contribution is -2.35. The smallest absolute Gasteiger partial charge is 0.145 e. The highest BCUT2D eigenvalue weighted by atomic mass is 79.9. The predicted octanol–water partition coefficient (Wildman–Crippen LogP) is 4.45. The second-order valence-corrected chi connectivity index (χ2v) is 5.57. The van der Waals surface area contributed by atoms with Crippen molar-refractivity contribution in [2.24, 2.45) is 11.8 Å². The minimum atomic E-state index is -0.571. The maximum absolute atomic E-state index is 14.1. The Kier molecular flexibility index (Phi) is 6.89. The molecule has 2 nitrogen and oxygen atoms in total. The fourth-order valence-corrected chi connectivity index (χ4v) is 2.70. The number of halogens is 3. The van der Waals surface area contributed by atoms with Gasteiger partial charge in [-0.2, -0.15) is 0 Å². The zero-order valence-electron chi connectivity index (χ0n) is 11.3. The number of hydrogen-bond acceptors (Lipinski definition) is 2. The quantitative estimate of drug-likeness (QED) is 0.439. The second kappa shape index (κ2) is 7.92. The lowest BCUT2D eigenvalue weighted by molar-refractivity contribution is 0.310. The van der Waals surface area contributed by atoms with Crippen LogP contribution in [-0.2, 0) is 0 Å². The summed E-state index contributed by atoms with van der Waals surface area (Å²) in [5.74, 6) is 4.53. The van der Waals surface area contributed by atoms with Crippen molar-refractivity contribution in [3.8, 4) is 0 Å². The van der Waals surface area contributed by atoms with Gasteiger partial charge in [-0.3, -0.25) is 11.3 Å². The van der Waals surface area contributed by atoms with Crippen LogP contribution in [0.1, 0.15) is 51.1 Å². The molecule has 2 unspecified atom stereocenters. The van der Waals surface area contributed by atoms with Gasteiger partial charge in [0, 0.05) is 5.56 Å². The molecule has 19 heavy (non-hydrogen) atoms. The highest BCUT2D eigenvalue weighted by Gasteiger charge is 2.27. The largest absolute Gasteiger partial charge is 0.271 e. The van der Waals surface area contributed by atoms with Crippen molar-refractivity contribution in [2.45, 2.75) is 45.6 Å². The predicted molar refractivity (Wildman–Crippen MR) is 77.4 cm³/mol. The molecule has 0 heterocycles. The third kappa shape index (κ3) is 3.97. The summed E-state index contributed by atoms with van der Waals surface area (Å²) in [4.78, 5) is 0. The molecule has 3 N–H and O–H groups in total. The summed E-state index contributed by atoms with van der Waals surface area (Å²) in [6, 6.07) is 2.13. The van der Waals surface area contributed by atoms with E-state index in [-0.39, 0.29) is 16.0 Å². The molecule has 0 spiro atoms. The van der Waals surface area contributed by atoms with Gasteiger partial charge in [0.05, 0.1) is 10.5 Å². The highest BCUT2D eigenvalue weighted by molar-refractivity contribution is 9.10. The monoisotopic (exact) mass is 334 g/mol. The van der Waals surface area contributed by atoms with Crippen LogP contribution in [0.2, 0.25) is 0 Å². The van der Waals surface area contributed by atoms with Crippen molar-refractivity contribution in [3.05, 3.63) is 33.8 Å². The van der Waals surface area contributed by atoms with Gasteiger partial charge in [0.2, 0.25) is 0 Å². The standard InChI is InChI=1S/C14H21BrF2N2/c1-3-5-6-9(4-2)14(19-18)12-11(16)8-7-10(15)13(12)17/h7-9,14,19H,3-6,18H2,1-2H3. The average molecular weight is 335 g/mol. The Labute approximate surface area is 121 Å². The minimum Gasteiger partial charge on any atom is -0.271 e. The molecule has 2 atom stereocenters. The van der Waals surface area contributed by atoms with E-state index in [0.29, 0.717) is 0 Å². The maximum atomic E-state index is 14.1. The lowest BCUT2D eigenvalue weighted by Gasteiger charge is -2.27. The van der Waals surface area contributed by atoms with E-state index in [1.807, 2.05) is 6.92 Å². The summed E-state index contributed by atoms with van der Waals surface area (Å²) in [6.45, 7) is 4.11. The maximum Gasteiger partial charge on any atom is 0.145 e. The van der Waals surface area contributed by atoms with Crippen LogP contribution in [0.4, 0.5) is 8.78 Å². The van der Waals surface area contributed by atoms with Gasteiger partial charge >= 0.3 is 0 Å². The Morgan fingerprint density at radius 1 is 1.32 bits per heavy atom. The Bertz CT molecular complexity index is 413. The Morgan fingerprint density at radius 2 is 2.00 bits per heavy atom. The van der Waals surface area contributed by atoms with Gasteiger partial charge in [-0.1, -0.05) is 33.1 Å². The van der Waals surface area contributed by atoms with E-state index < -0.39 is 17.7 Å². The van der Waals surface area contributed by atoms with E-state index >= 15 is 0 Å². The number of hydrazine groups is 1. The molecule has 1 rings (SSSR count). The SMILES string of the molecule is CCCCC(CC)C(NN)c1c(F)ccc(Br)c1F. The zero-order chi connectivity index (χ0) is 14.4. The lowest BCUT2D eigenvalue weighted by atomic mass is 9.87. The molecule has 0 aromatic heterocycles. The fourth-order valence-electron chi connectivity index (χ4n) is 2.36. The van der Waals surface area contributed by atoms with Crippen LogP contribution in [0.25, 0.3) is 0 Å². The first-order valence-electron chi connectivity index (χ1n) is 6.66. The fraction of sp³-hybridized carbons (Fsp3) is 0.571. The molecule has 0 aliphatic rings. The number of benzene rings is 1. The van der Waals surface area contributed by atoms with Crippen LogP contribution < -0.4 is 11.3 Å². The molecule has 5 heteroatoms.